The van der Waals surface area contributed by atoms with Gasteiger partial charge in [-0.15, -0.1) is 24.0 Å². The Kier molecular flexibility index (Phi) is 9.52. The molecule has 0 aromatic heterocycles. The Morgan fingerprint density at radius 1 is 1.00 bits per heavy atom. The fourth-order valence-corrected chi connectivity index (χ4v) is 2.63. The SMILES string of the molecule is CN=C(NCc1ccccc1CN(C)C)NC(C)c1ccccc1.I. The molecule has 25 heavy (non-hydrogen) atoms. The smallest absolute Gasteiger partial charge is 0.191 e. The third-order valence-corrected chi connectivity index (χ3v) is 3.93. The maximum atomic E-state index is 4.34. The van der Waals surface area contributed by atoms with E-state index >= 15 is 0 Å². The molecule has 2 aromatic carbocycles. The molecule has 0 aliphatic carbocycles. The van der Waals surface area contributed by atoms with Crippen LogP contribution in [0.2, 0.25) is 0 Å². The van der Waals surface area contributed by atoms with Crippen LogP contribution in [0.1, 0.15) is 29.7 Å². The highest BCUT2D eigenvalue weighted by Gasteiger charge is 2.08. The van der Waals surface area contributed by atoms with Crippen molar-refractivity contribution in [1.82, 2.24) is 15.5 Å². The summed E-state index contributed by atoms with van der Waals surface area (Å²) >= 11 is 0. The highest BCUT2D eigenvalue weighted by molar-refractivity contribution is 14.0. The molecule has 0 saturated heterocycles. The van der Waals surface area contributed by atoms with Crippen molar-refractivity contribution in [2.24, 2.45) is 4.99 Å². The molecule has 1 unspecified atom stereocenters. The van der Waals surface area contributed by atoms with Gasteiger partial charge in [-0.3, -0.25) is 4.99 Å². The van der Waals surface area contributed by atoms with Crippen LogP contribution in [-0.4, -0.2) is 32.0 Å². The predicted molar refractivity (Wildman–Crippen MR) is 117 cm³/mol. The lowest BCUT2D eigenvalue weighted by Gasteiger charge is -2.19. The van der Waals surface area contributed by atoms with E-state index in [1.54, 1.807) is 7.05 Å². The van der Waals surface area contributed by atoms with E-state index in [4.69, 9.17) is 0 Å². The fourth-order valence-electron chi connectivity index (χ4n) is 2.63. The summed E-state index contributed by atoms with van der Waals surface area (Å²) in [7, 11) is 5.98. The molecule has 2 aromatic rings. The van der Waals surface area contributed by atoms with Crippen LogP contribution >= 0.6 is 24.0 Å². The molecule has 0 bridgehead atoms. The maximum Gasteiger partial charge on any atom is 0.191 e. The second kappa shape index (κ2) is 11.1. The van der Waals surface area contributed by atoms with Gasteiger partial charge in [-0.05, 0) is 37.7 Å². The number of rotatable bonds is 6. The quantitative estimate of drug-likeness (QED) is 0.398. The van der Waals surface area contributed by atoms with Crippen LogP contribution < -0.4 is 10.6 Å². The lowest BCUT2D eigenvalue weighted by Crippen LogP contribution is -2.38. The first-order chi connectivity index (χ1) is 11.6. The van der Waals surface area contributed by atoms with Gasteiger partial charge in [-0.1, -0.05) is 54.6 Å². The summed E-state index contributed by atoms with van der Waals surface area (Å²) in [5.41, 5.74) is 3.87. The molecule has 0 amide bonds. The Labute approximate surface area is 168 Å². The van der Waals surface area contributed by atoms with Crippen LogP contribution in [0.4, 0.5) is 0 Å². The first-order valence-electron chi connectivity index (χ1n) is 8.33. The monoisotopic (exact) mass is 452 g/mol. The minimum atomic E-state index is 0. The van der Waals surface area contributed by atoms with E-state index in [9.17, 15) is 0 Å². The van der Waals surface area contributed by atoms with Crippen LogP contribution in [-0.2, 0) is 13.1 Å². The molecule has 2 rings (SSSR count). The predicted octanol–water partition coefficient (Wildman–Crippen LogP) is 3.79. The molecule has 0 fully saturated rings. The van der Waals surface area contributed by atoms with Gasteiger partial charge >= 0.3 is 0 Å². The van der Waals surface area contributed by atoms with E-state index < -0.39 is 0 Å². The van der Waals surface area contributed by atoms with Gasteiger partial charge in [0, 0.05) is 20.1 Å². The van der Waals surface area contributed by atoms with Gasteiger partial charge in [0.2, 0.25) is 0 Å². The van der Waals surface area contributed by atoms with Gasteiger partial charge < -0.3 is 15.5 Å². The molecule has 0 radical (unpaired) electrons. The molecule has 0 saturated carbocycles. The maximum absolute atomic E-state index is 4.34. The average Bonchev–Trinajstić information content (AvgIpc) is 2.59. The van der Waals surface area contributed by atoms with Gasteiger partial charge in [0.1, 0.15) is 0 Å². The second-order valence-electron chi connectivity index (χ2n) is 6.21. The summed E-state index contributed by atoms with van der Waals surface area (Å²) < 4.78 is 0. The molecule has 0 spiro atoms. The molecule has 0 aliphatic rings. The van der Waals surface area contributed by atoms with Gasteiger partial charge in [-0.25, -0.2) is 0 Å². The molecule has 0 heterocycles. The number of guanidine groups is 1. The molecule has 1 atom stereocenters. The number of hydrogen-bond donors (Lipinski definition) is 2. The van der Waals surface area contributed by atoms with Gasteiger partial charge in [0.15, 0.2) is 5.96 Å². The van der Waals surface area contributed by atoms with E-state index in [1.807, 2.05) is 6.07 Å². The highest BCUT2D eigenvalue weighted by atomic mass is 127. The Hall–Kier alpha value is -1.60. The van der Waals surface area contributed by atoms with Crippen molar-refractivity contribution in [3.8, 4) is 0 Å². The zero-order chi connectivity index (χ0) is 17.4. The Morgan fingerprint density at radius 3 is 2.20 bits per heavy atom. The van der Waals surface area contributed by atoms with Crippen molar-refractivity contribution in [3.05, 3.63) is 71.3 Å². The number of benzene rings is 2. The van der Waals surface area contributed by atoms with E-state index in [1.165, 1.54) is 16.7 Å². The minimum absolute atomic E-state index is 0. The molecule has 0 aliphatic heterocycles. The number of nitrogens with one attached hydrogen (secondary N) is 2. The highest BCUT2D eigenvalue weighted by Crippen LogP contribution is 2.12. The molecule has 4 nitrogen and oxygen atoms in total. The van der Waals surface area contributed by atoms with Crippen molar-refractivity contribution in [2.45, 2.75) is 26.1 Å². The van der Waals surface area contributed by atoms with Crippen molar-refractivity contribution in [1.29, 1.82) is 0 Å². The lowest BCUT2D eigenvalue weighted by molar-refractivity contribution is 0.400. The van der Waals surface area contributed by atoms with Crippen LogP contribution in [0.3, 0.4) is 0 Å². The topological polar surface area (TPSA) is 39.7 Å². The van der Waals surface area contributed by atoms with Crippen molar-refractivity contribution in [3.63, 3.8) is 0 Å². The second-order valence-corrected chi connectivity index (χ2v) is 6.21. The van der Waals surface area contributed by atoms with Crippen molar-refractivity contribution >= 4 is 29.9 Å². The van der Waals surface area contributed by atoms with Crippen molar-refractivity contribution < 1.29 is 0 Å². The number of hydrogen-bond acceptors (Lipinski definition) is 2. The zero-order valence-corrected chi connectivity index (χ0v) is 17.8. The number of halogens is 1. The van der Waals surface area contributed by atoms with Crippen LogP contribution in [0.5, 0.6) is 0 Å². The average molecular weight is 452 g/mol. The minimum Gasteiger partial charge on any atom is -0.352 e. The van der Waals surface area contributed by atoms with Gasteiger partial charge in [-0.2, -0.15) is 0 Å². The first kappa shape index (κ1) is 21.4. The van der Waals surface area contributed by atoms with Gasteiger partial charge in [0.25, 0.3) is 0 Å². The third-order valence-electron chi connectivity index (χ3n) is 3.93. The normalized spacial score (nSPS) is 12.4. The van der Waals surface area contributed by atoms with Gasteiger partial charge in [0.05, 0.1) is 6.04 Å². The number of nitrogens with zero attached hydrogens (tertiary/aromatic N) is 2. The van der Waals surface area contributed by atoms with Crippen LogP contribution in [0.15, 0.2) is 59.6 Å². The Bertz CT molecular complexity index is 656. The first-order valence-corrected chi connectivity index (χ1v) is 8.33. The summed E-state index contributed by atoms with van der Waals surface area (Å²) in [6.07, 6.45) is 0. The number of aliphatic imine (C=N–C) groups is 1. The summed E-state index contributed by atoms with van der Waals surface area (Å²) in [6, 6.07) is 19.1. The van der Waals surface area contributed by atoms with E-state index in [0.29, 0.717) is 0 Å². The van der Waals surface area contributed by atoms with Crippen LogP contribution in [0.25, 0.3) is 0 Å². The summed E-state index contributed by atoms with van der Waals surface area (Å²) in [5, 5.41) is 6.86. The molecule has 2 N–H and O–H groups in total. The summed E-state index contributed by atoms with van der Waals surface area (Å²) in [5.74, 6) is 0.811. The standard InChI is InChI=1S/C20H28N4.HI/c1-16(17-10-6-5-7-11-17)23-20(21-2)22-14-18-12-8-9-13-19(18)15-24(3)4;/h5-13,16H,14-15H2,1-4H3,(H2,21,22,23);1H. The summed E-state index contributed by atoms with van der Waals surface area (Å²) in [4.78, 5) is 6.53. The Morgan fingerprint density at radius 2 is 1.60 bits per heavy atom. The molecular formula is C20H29IN4. The Balaban J connectivity index is 0.00000312. The molecular weight excluding hydrogens is 423 g/mol. The zero-order valence-electron chi connectivity index (χ0n) is 15.5. The van der Waals surface area contributed by atoms with E-state index in [0.717, 1.165) is 19.0 Å². The largest absolute Gasteiger partial charge is 0.352 e. The molecule has 5 heteroatoms. The van der Waals surface area contributed by atoms with E-state index in [2.05, 4.69) is 90.1 Å². The lowest BCUT2D eigenvalue weighted by atomic mass is 10.1. The third kappa shape index (κ3) is 7.04. The molecule has 136 valence electrons. The summed E-state index contributed by atoms with van der Waals surface area (Å²) in [6.45, 7) is 3.83. The van der Waals surface area contributed by atoms with E-state index in [-0.39, 0.29) is 30.0 Å². The fraction of sp³-hybridized carbons (Fsp3) is 0.350. The van der Waals surface area contributed by atoms with Crippen LogP contribution in [0, 0.1) is 0 Å². The van der Waals surface area contributed by atoms with Crippen molar-refractivity contribution in [2.75, 3.05) is 21.1 Å².